The summed E-state index contributed by atoms with van der Waals surface area (Å²) in [6, 6.07) is 8.18. The van der Waals surface area contributed by atoms with Gasteiger partial charge in [0.1, 0.15) is 0 Å². The van der Waals surface area contributed by atoms with Crippen LogP contribution >= 0.6 is 0 Å². The highest BCUT2D eigenvalue weighted by Gasteiger charge is 2.16. The van der Waals surface area contributed by atoms with Gasteiger partial charge >= 0.3 is 5.97 Å². The molecule has 0 spiro atoms. The van der Waals surface area contributed by atoms with E-state index in [9.17, 15) is 4.79 Å². The van der Waals surface area contributed by atoms with Gasteiger partial charge in [-0.25, -0.2) is 4.79 Å². The van der Waals surface area contributed by atoms with E-state index in [0.717, 1.165) is 17.1 Å². The van der Waals surface area contributed by atoms with Crippen molar-refractivity contribution in [3.8, 4) is 5.69 Å². The fourth-order valence-corrected chi connectivity index (χ4v) is 2.34. The Labute approximate surface area is 113 Å². The molecule has 100 valence electrons. The summed E-state index contributed by atoms with van der Waals surface area (Å²) in [6.45, 7) is 8.12. The van der Waals surface area contributed by atoms with Crippen molar-refractivity contribution in [3.05, 3.63) is 52.3 Å². The van der Waals surface area contributed by atoms with E-state index >= 15 is 0 Å². The van der Waals surface area contributed by atoms with Gasteiger partial charge in [-0.05, 0) is 57.0 Å². The van der Waals surface area contributed by atoms with Gasteiger partial charge in [0.2, 0.25) is 0 Å². The number of carbonyl (C=O) groups is 1. The van der Waals surface area contributed by atoms with Crippen molar-refractivity contribution < 1.29 is 9.53 Å². The lowest BCUT2D eigenvalue weighted by atomic mass is 10.1. The van der Waals surface area contributed by atoms with Gasteiger partial charge in [-0.1, -0.05) is 6.07 Å². The predicted molar refractivity (Wildman–Crippen MR) is 76.1 cm³/mol. The molecular formula is C16H19NO2. The number of carbonyl (C=O) groups excluding carboxylic acids is 1. The van der Waals surface area contributed by atoms with Crippen LogP contribution in [-0.4, -0.2) is 17.6 Å². The van der Waals surface area contributed by atoms with Crippen LogP contribution < -0.4 is 0 Å². The molecule has 0 aliphatic heterocycles. The molecule has 0 aliphatic rings. The van der Waals surface area contributed by atoms with E-state index in [-0.39, 0.29) is 5.97 Å². The third-order valence-electron chi connectivity index (χ3n) is 3.59. The molecule has 3 nitrogen and oxygen atoms in total. The number of hydrogen-bond donors (Lipinski definition) is 0. The van der Waals surface area contributed by atoms with E-state index in [1.807, 2.05) is 19.9 Å². The van der Waals surface area contributed by atoms with Crippen LogP contribution in [0, 0.1) is 27.7 Å². The molecule has 0 saturated heterocycles. The molecule has 1 aromatic carbocycles. The van der Waals surface area contributed by atoms with Crippen LogP contribution in [0.3, 0.4) is 0 Å². The highest BCUT2D eigenvalue weighted by molar-refractivity contribution is 5.91. The number of aryl methyl sites for hydroxylation is 3. The molecule has 0 N–H and O–H groups in total. The Kier molecular flexibility index (Phi) is 3.47. The molecular weight excluding hydrogens is 238 g/mol. The van der Waals surface area contributed by atoms with Gasteiger partial charge in [0.15, 0.2) is 0 Å². The molecule has 0 fully saturated rings. The Morgan fingerprint density at radius 2 is 1.74 bits per heavy atom. The first kappa shape index (κ1) is 13.4. The topological polar surface area (TPSA) is 31.2 Å². The lowest BCUT2D eigenvalue weighted by Gasteiger charge is -2.11. The van der Waals surface area contributed by atoms with Crippen LogP contribution in [-0.2, 0) is 4.74 Å². The average molecular weight is 257 g/mol. The smallest absolute Gasteiger partial charge is 0.339 e. The zero-order valence-electron chi connectivity index (χ0n) is 12.1. The van der Waals surface area contributed by atoms with Crippen molar-refractivity contribution in [2.75, 3.05) is 7.11 Å². The maximum Gasteiger partial charge on any atom is 0.339 e. The Bertz CT molecular complexity index is 638. The highest BCUT2D eigenvalue weighted by atomic mass is 16.5. The van der Waals surface area contributed by atoms with Gasteiger partial charge in [0.05, 0.1) is 12.7 Å². The number of benzene rings is 1. The average Bonchev–Trinajstić information content (AvgIpc) is 2.68. The van der Waals surface area contributed by atoms with Crippen LogP contribution in [0.25, 0.3) is 5.69 Å². The first-order valence-electron chi connectivity index (χ1n) is 6.30. The van der Waals surface area contributed by atoms with Crippen LogP contribution in [0.1, 0.15) is 32.9 Å². The summed E-state index contributed by atoms with van der Waals surface area (Å²) in [5.41, 5.74) is 6.14. The lowest BCUT2D eigenvalue weighted by Crippen LogP contribution is -2.05. The molecule has 0 saturated carbocycles. The molecule has 2 rings (SSSR count). The van der Waals surface area contributed by atoms with E-state index in [1.54, 1.807) is 0 Å². The molecule has 0 unspecified atom stereocenters. The summed E-state index contributed by atoms with van der Waals surface area (Å²) in [6.07, 6.45) is 0. The van der Waals surface area contributed by atoms with Crippen molar-refractivity contribution in [1.29, 1.82) is 0 Å². The number of aromatic nitrogens is 1. The zero-order chi connectivity index (χ0) is 14.2. The van der Waals surface area contributed by atoms with Crippen LogP contribution in [0.4, 0.5) is 0 Å². The number of rotatable bonds is 2. The summed E-state index contributed by atoms with van der Waals surface area (Å²) >= 11 is 0. The second-order valence-electron chi connectivity index (χ2n) is 4.88. The predicted octanol–water partition coefficient (Wildman–Crippen LogP) is 3.50. The van der Waals surface area contributed by atoms with Crippen molar-refractivity contribution in [2.45, 2.75) is 27.7 Å². The number of ether oxygens (including phenoxy) is 1. The number of nitrogens with zero attached hydrogens (tertiary/aromatic N) is 1. The third-order valence-corrected chi connectivity index (χ3v) is 3.59. The maximum absolute atomic E-state index is 11.7. The molecule has 1 aromatic heterocycles. The van der Waals surface area contributed by atoms with Crippen LogP contribution in [0.15, 0.2) is 24.3 Å². The number of methoxy groups -OCH3 is 1. The maximum atomic E-state index is 11.7. The number of hydrogen-bond acceptors (Lipinski definition) is 2. The van der Waals surface area contributed by atoms with E-state index in [0.29, 0.717) is 5.56 Å². The molecule has 3 heteroatoms. The fourth-order valence-electron chi connectivity index (χ4n) is 2.34. The minimum Gasteiger partial charge on any atom is -0.465 e. The summed E-state index contributed by atoms with van der Waals surface area (Å²) in [7, 11) is 1.41. The van der Waals surface area contributed by atoms with Crippen LogP contribution in [0.2, 0.25) is 0 Å². The Morgan fingerprint density at radius 1 is 1.05 bits per heavy atom. The monoisotopic (exact) mass is 257 g/mol. The Hall–Kier alpha value is -2.03. The minimum absolute atomic E-state index is 0.289. The molecule has 1 heterocycles. The van der Waals surface area contributed by atoms with Crippen molar-refractivity contribution in [3.63, 3.8) is 0 Å². The third kappa shape index (κ3) is 2.28. The summed E-state index contributed by atoms with van der Waals surface area (Å²) < 4.78 is 6.89. The van der Waals surface area contributed by atoms with Crippen LogP contribution in [0.5, 0.6) is 0 Å². The Morgan fingerprint density at radius 3 is 2.32 bits per heavy atom. The Balaban J connectivity index is 2.59. The van der Waals surface area contributed by atoms with Gasteiger partial charge < -0.3 is 9.30 Å². The molecule has 0 atom stereocenters. The normalized spacial score (nSPS) is 10.6. The highest BCUT2D eigenvalue weighted by Crippen LogP contribution is 2.23. The summed E-state index contributed by atoms with van der Waals surface area (Å²) in [4.78, 5) is 11.7. The van der Waals surface area contributed by atoms with Gasteiger partial charge in [0.25, 0.3) is 0 Å². The minimum atomic E-state index is -0.289. The lowest BCUT2D eigenvalue weighted by molar-refractivity contribution is 0.0600. The molecule has 2 aromatic rings. The second kappa shape index (κ2) is 4.92. The van der Waals surface area contributed by atoms with Crippen molar-refractivity contribution >= 4 is 5.97 Å². The molecule has 0 amide bonds. The van der Waals surface area contributed by atoms with E-state index in [2.05, 4.69) is 36.6 Å². The van der Waals surface area contributed by atoms with E-state index < -0.39 is 0 Å². The van der Waals surface area contributed by atoms with E-state index in [1.165, 1.54) is 18.2 Å². The van der Waals surface area contributed by atoms with E-state index in [4.69, 9.17) is 4.74 Å². The zero-order valence-corrected chi connectivity index (χ0v) is 12.1. The fraction of sp³-hybridized carbons (Fsp3) is 0.312. The first-order valence-corrected chi connectivity index (χ1v) is 6.30. The van der Waals surface area contributed by atoms with Crippen molar-refractivity contribution in [2.24, 2.45) is 0 Å². The second-order valence-corrected chi connectivity index (χ2v) is 4.88. The van der Waals surface area contributed by atoms with Gasteiger partial charge in [0, 0.05) is 17.1 Å². The summed E-state index contributed by atoms with van der Waals surface area (Å²) in [5.74, 6) is -0.289. The standard InChI is InChI=1S/C16H19NO2/c1-10-6-7-14(8-11(10)2)17-12(3)9-15(13(17)4)16(18)19-5/h6-9H,1-5H3. The quantitative estimate of drug-likeness (QED) is 0.771. The summed E-state index contributed by atoms with van der Waals surface area (Å²) in [5, 5.41) is 0. The van der Waals surface area contributed by atoms with Gasteiger partial charge in [-0.2, -0.15) is 0 Å². The molecule has 19 heavy (non-hydrogen) atoms. The molecule has 0 bridgehead atoms. The van der Waals surface area contributed by atoms with Crippen molar-refractivity contribution in [1.82, 2.24) is 4.57 Å². The largest absolute Gasteiger partial charge is 0.465 e. The van der Waals surface area contributed by atoms with Gasteiger partial charge in [-0.15, -0.1) is 0 Å². The number of esters is 1. The first-order chi connectivity index (χ1) is 8.95. The SMILES string of the molecule is COC(=O)c1cc(C)n(-c2ccc(C)c(C)c2)c1C. The molecule has 0 aliphatic carbocycles. The molecule has 0 radical (unpaired) electrons. The van der Waals surface area contributed by atoms with Gasteiger partial charge in [-0.3, -0.25) is 0 Å².